The summed E-state index contributed by atoms with van der Waals surface area (Å²) in [6.07, 6.45) is 5.31. The van der Waals surface area contributed by atoms with Crippen molar-refractivity contribution in [1.82, 2.24) is 20.9 Å². The van der Waals surface area contributed by atoms with Crippen LogP contribution in [0, 0.1) is 0 Å². The first-order valence-corrected chi connectivity index (χ1v) is 11.0. The van der Waals surface area contributed by atoms with Crippen molar-refractivity contribution in [2.75, 3.05) is 0 Å². The molecule has 0 bridgehead atoms. The molecule has 2 atom stereocenters. The molecule has 156 valence electrons. The van der Waals surface area contributed by atoms with E-state index in [1.54, 1.807) is 0 Å². The molecule has 1 aliphatic carbocycles. The predicted molar refractivity (Wildman–Crippen MR) is 123 cm³/mol. The summed E-state index contributed by atoms with van der Waals surface area (Å²) in [7, 11) is 0. The Kier molecular flexibility index (Phi) is 7.62. The molecule has 1 heterocycles. The van der Waals surface area contributed by atoms with E-state index in [1.807, 2.05) is 12.3 Å². The van der Waals surface area contributed by atoms with Gasteiger partial charge < -0.3 is 16.0 Å². The van der Waals surface area contributed by atoms with Gasteiger partial charge in [0.2, 0.25) is 0 Å². The van der Waals surface area contributed by atoms with E-state index in [1.165, 1.54) is 11.1 Å². The molecule has 1 aromatic heterocycles. The maximum Gasteiger partial charge on any atom is 0.0541 e. The Hall–Kier alpha value is -2.53. The maximum atomic E-state index is 4.46. The number of nitrogens with one attached hydrogen (secondary N) is 3. The second-order valence-corrected chi connectivity index (χ2v) is 8.23. The molecule has 3 N–H and O–H groups in total. The molecule has 4 heteroatoms. The van der Waals surface area contributed by atoms with Crippen molar-refractivity contribution in [3.05, 3.63) is 102 Å². The van der Waals surface area contributed by atoms with Crippen molar-refractivity contribution in [3.8, 4) is 0 Å². The molecule has 4 rings (SSSR count). The molecule has 0 saturated heterocycles. The monoisotopic (exact) mass is 400 g/mol. The van der Waals surface area contributed by atoms with Crippen molar-refractivity contribution < 1.29 is 0 Å². The average molecular weight is 401 g/mol. The fourth-order valence-corrected chi connectivity index (χ4v) is 4.29. The van der Waals surface area contributed by atoms with E-state index in [-0.39, 0.29) is 0 Å². The Labute approximate surface area is 180 Å². The zero-order valence-electron chi connectivity index (χ0n) is 17.5. The molecule has 0 spiro atoms. The first-order valence-electron chi connectivity index (χ1n) is 11.0. The average Bonchev–Trinajstić information content (AvgIpc) is 2.82. The molecule has 2 unspecified atom stereocenters. The van der Waals surface area contributed by atoms with Crippen molar-refractivity contribution in [3.63, 3.8) is 0 Å². The standard InChI is InChI=1S/C26H32N4/c1-3-9-21(10-4-1)18-28-24-15-25(29-19-22-11-5-2-6-12-22)17-26(16-24)30-20-23-13-7-8-14-27-23/h1-14,24-26,28-30H,15-20H2. The highest BCUT2D eigenvalue weighted by atomic mass is 15.0. The third kappa shape index (κ3) is 6.49. The Bertz CT molecular complexity index is 730. The molecular formula is C26H32N4. The Morgan fingerprint density at radius 2 is 1.03 bits per heavy atom. The van der Waals surface area contributed by atoms with Crippen LogP contribution in [0.2, 0.25) is 0 Å². The van der Waals surface area contributed by atoms with E-state index in [4.69, 9.17) is 0 Å². The van der Waals surface area contributed by atoms with Gasteiger partial charge in [0.15, 0.2) is 0 Å². The zero-order valence-corrected chi connectivity index (χ0v) is 17.5. The van der Waals surface area contributed by atoms with Crippen LogP contribution in [0.4, 0.5) is 0 Å². The van der Waals surface area contributed by atoms with Gasteiger partial charge in [-0.2, -0.15) is 0 Å². The summed E-state index contributed by atoms with van der Waals surface area (Å²) in [6, 6.07) is 28.9. The van der Waals surface area contributed by atoms with Crippen LogP contribution in [-0.4, -0.2) is 23.1 Å². The lowest BCUT2D eigenvalue weighted by Gasteiger charge is -2.36. The van der Waals surface area contributed by atoms with Crippen LogP contribution in [-0.2, 0) is 19.6 Å². The zero-order chi connectivity index (χ0) is 20.4. The first-order chi connectivity index (χ1) is 14.8. The SMILES string of the molecule is c1ccc(CNC2CC(NCc3ccccc3)CC(NCc3ccccn3)C2)cc1. The smallest absolute Gasteiger partial charge is 0.0541 e. The summed E-state index contributed by atoms with van der Waals surface area (Å²) in [5.41, 5.74) is 3.79. The summed E-state index contributed by atoms with van der Waals surface area (Å²) in [5.74, 6) is 0. The molecule has 4 nitrogen and oxygen atoms in total. The van der Waals surface area contributed by atoms with E-state index < -0.39 is 0 Å². The minimum absolute atomic E-state index is 0.474. The Morgan fingerprint density at radius 1 is 0.567 bits per heavy atom. The number of aromatic nitrogens is 1. The molecule has 3 aromatic rings. The van der Waals surface area contributed by atoms with E-state index in [9.17, 15) is 0 Å². The van der Waals surface area contributed by atoms with Gasteiger partial charge in [-0.15, -0.1) is 0 Å². The van der Waals surface area contributed by atoms with E-state index in [0.29, 0.717) is 18.1 Å². The van der Waals surface area contributed by atoms with E-state index in [0.717, 1.165) is 44.6 Å². The second kappa shape index (κ2) is 11.0. The van der Waals surface area contributed by atoms with Crippen molar-refractivity contribution in [2.24, 2.45) is 0 Å². The van der Waals surface area contributed by atoms with Crippen LogP contribution in [0.25, 0.3) is 0 Å². The summed E-state index contributed by atoms with van der Waals surface area (Å²) in [4.78, 5) is 4.46. The minimum atomic E-state index is 0.474. The maximum absolute atomic E-state index is 4.46. The third-order valence-corrected chi connectivity index (χ3v) is 5.88. The highest BCUT2D eigenvalue weighted by molar-refractivity contribution is 5.15. The fourth-order valence-electron chi connectivity index (χ4n) is 4.29. The third-order valence-electron chi connectivity index (χ3n) is 5.88. The number of hydrogen-bond donors (Lipinski definition) is 3. The highest BCUT2D eigenvalue weighted by Gasteiger charge is 2.28. The van der Waals surface area contributed by atoms with Crippen molar-refractivity contribution in [2.45, 2.75) is 57.0 Å². The number of hydrogen-bond acceptors (Lipinski definition) is 4. The minimum Gasteiger partial charge on any atom is -0.310 e. The largest absolute Gasteiger partial charge is 0.310 e. The van der Waals surface area contributed by atoms with Crippen LogP contribution >= 0.6 is 0 Å². The van der Waals surface area contributed by atoms with Gasteiger partial charge in [-0.1, -0.05) is 66.7 Å². The molecule has 2 aromatic carbocycles. The van der Waals surface area contributed by atoms with Crippen LogP contribution in [0.1, 0.15) is 36.1 Å². The number of nitrogens with zero attached hydrogens (tertiary/aromatic N) is 1. The molecule has 0 amide bonds. The summed E-state index contributed by atoms with van der Waals surface area (Å²) >= 11 is 0. The lowest BCUT2D eigenvalue weighted by Crippen LogP contribution is -2.50. The quantitative estimate of drug-likeness (QED) is 0.507. The Balaban J connectivity index is 1.34. The number of pyridine rings is 1. The summed E-state index contributed by atoms with van der Waals surface area (Å²) in [5, 5.41) is 11.3. The summed E-state index contributed by atoms with van der Waals surface area (Å²) in [6.45, 7) is 2.66. The van der Waals surface area contributed by atoms with E-state index in [2.05, 4.69) is 93.7 Å². The van der Waals surface area contributed by atoms with Crippen LogP contribution in [0.5, 0.6) is 0 Å². The van der Waals surface area contributed by atoms with Gasteiger partial charge in [-0.3, -0.25) is 4.98 Å². The molecule has 1 aliphatic rings. The van der Waals surface area contributed by atoms with Gasteiger partial charge in [-0.25, -0.2) is 0 Å². The van der Waals surface area contributed by atoms with Crippen LogP contribution in [0.15, 0.2) is 85.1 Å². The summed E-state index contributed by atoms with van der Waals surface area (Å²) < 4.78 is 0. The van der Waals surface area contributed by atoms with Gasteiger partial charge in [0.05, 0.1) is 5.69 Å². The van der Waals surface area contributed by atoms with Crippen molar-refractivity contribution >= 4 is 0 Å². The normalized spacial score (nSPS) is 21.4. The van der Waals surface area contributed by atoms with Crippen LogP contribution in [0.3, 0.4) is 0 Å². The van der Waals surface area contributed by atoms with Gasteiger partial charge in [0, 0.05) is 44.0 Å². The first kappa shape index (κ1) is 20.7. The highest BCUT2D eigenvalue weighted by Crippen LogP contribution is 2.21. The molecule has 1 saturated carbocycles. The molecular weight excluding hydrogens is 368 g/mol. The predicted octanol–water partition coefficient (Wildman–Crippen LogP) is 4.04. The molecule has 0 radical (unpaired) electrons. The van der Waals surface area contributed by atoms with Crippen LogP contribution < -0.4 is 16.0 Å². The topological polar surface area (TPSA) is 49.0 Å². The number of benzene rings is 2. The van der Waals surface area contributed by atoms with Crippen molar-refractivity contribution in [1.29, 1.82) is 0 Å². The number of rotatable bonds is 9. The molecule has 30 heavy (non-hydrogen) atoms. The lowest BCUT2D eigenvalue weighted by molar-refractivity contribution is 0.246. The van der Waals surface area contributed by atoms with E-state index >= 15 is 0 Å². The van der Waals surface area contributed by atoms with Gasteiger partial charge in [-0.05, 0) is 42.5 Å². The molecule has 1 fully saturated rings. The Morgan fingerprint density at radius 3 is 1.50 bits per heavy atom. The van der Waals surface area contributed by atoms with Gasteiger partial charge >= 0.3 is 0 Å². The lowest BCUT2D eigenvalue weighted by atomic mass is 9.86. The second-order valence-electron chi connectivity index (χ2n) is 8.23. The van der Waals surface area contributed by atoms with Gasteiger partial charge in [0.25, 0.3) is 0 Å². The van der Waals surface area contributed by atoms with Gasteiger partial charge in [0.1, 0.15) is 0 Å². The molecule has 0 aliphatic heterocycles. The fraction of sp³-hybridized carbons (Fsp3) is 0.346.